The molecule has 0 saturated carbocycles. The lowest BCUT2D eigenvalue weighted by molar-refractivity contribution is 0.300. The average molecular weight is 605 g/mol. The van der Waals surface area contributed by atoms with Gasteiger partial charge in [-0.3, -0.25) is 0 Å². The van der Waals surface area contributed by atoms with E-state index in [1.165, 1.54) is 0 Å². The maximum Gasteiger partial charge on any atom is 0.126 e. The molecule has 1 aliphatic rings. The van der Waals surface area contributed by atoms with Crippen LogP contribution < -0.4 is 9.47 Å². The molecule has 2 N–H and O–H groups in total. The van der Waals surface area contributed by atoms with Crippen LogP contribution in [0, 0.1) is 0 Å². The summed E-state index contributed by atoms with van der Waals surface area (Å²) in [5.41, 5.74) is 9.42. The standard InChI is InChI=1S/C42H36O4/c43-39-31-15-7-17-33(39)25-37-21-10-22-38(42(37)46-28-30-13-5-2-6-14-30)26-34-18-8-16-32(40(34)44)24-36-20-9-19-35(23-31)41(36)45-27-29-11-3-1-4-12-29/h1-22,43-44H,23-28H2. The van der Waals surface area contributed by atoms with Crippen LogP contribution >= 0.6 is 0 Å². The van der Waals surface area contributed by atoms with Crippen LogP contribution in [0.5, 0.6) is 23.0 Å². The highest BCUT2D eigenvalue weighted by Gasteiger charge is 2.20. The molecular formula is C42H36O4. The van der Waals surface area contributed by atoms with Gasteiger partial charge in [0.25, 0.3) is 0 Å². The van der Waals surface area contributed by atoms with Gasteiger partial charge in [-0.05, 0) is 55.6 Å². The Balaban J connectivity index is 1.34. The third kappa shape index (κ3) is 6.33. The van der Waals surface area contributed by atoms with E-state index in [0.717, 1.165) is 67.1 Å². The number of aromatic hydroxyl groups is 2. The second-order valence-electron chi connectivity index (χ2n) is 11.9. The topological polar surface area (TPSA) is 58.9 Å². The van der Waals surface area contributed by atoms with Crippen molar-refractivity contribution in [1.82, 2.24) is 0 Å². The summed E-state index contributed by atoms with van der Waals surface area (Å²) in [5.74, 6) is 2.15. The summed E-state index contributed by atoms with van der Waals surface area (Å²) in [6, 6.07) is 44.5. The van der Waals surface area contributed by atoms with Gasteiger partial charge in [-0.2, -0.15) is 0 Å². The van der Waals surface area contributed by atoms with Crippen molar-refractivity contribution < 1.29 is 19.7 Å². The van der Waals surface area contributed by atoms with Crippen molar-refractivity contribution in [2.24, 2.45) is 0 Å². The number of ether oxygens (including phenoxy) is 2. The lowest BCUT2D eigenvalue weighted by Gasteiger charge is -2.20. The molecule has 6 aromatic rings. The minimum absolute atomic E-state index is 0.288. The first-order chi connectivity index (χ1) is 22.6. The van der Waals surface area contributed by atoms with E-state index in [9.17, 15) is 10.2 Å². The van der Waals surface area contributed by atoms with Crippen LogP contribution in [0.3, 0.4) is 0 Å². The number of fused-ring (bicyclic) bond motifs is 8. The monoisotopic (exact) mass is 604 g/mol. The van der Waals surface area contributed by atoms with Gasteiger partial charge in [-0.25, -0.2) is 0 Å². The summed E-state index contributed by atoms with van der Waals surface area (Å²) in [5, 5.41) is 23.3. The number of benzene rings is 6. The van der Waals surface area contributed by atoms with Crippen LogP contribution in [0.2, 0.25) is 0 Å². The van der Waals surface area contributed by atoms with E-state index in [-0.39, 0.29) is 11.5 Å². The van der Waals surface area contributed by atoms with Gasteiger partial charge in [0.2, 0.25) is 0 Å². The summed E-state index contributed by atoms with van der Waals surface area (Å²) in [6.07, 6.45) is 2.00. The zero-order valence-corrected chi connectivity index (χ0v) is 25.7. The van der Waals surface area contributed by atoms with E-state index in [4.69, 9.17) is 9.47 Å². The molecule has 0 saturated heterocycles. The Morgan fingerprint density at radius 2 is 0.630 bits per heavy atom. The highest BCUT2D eigenvalue weighted by Crippen LogP contribution is 2.38. The second-order valence-corrected chi connectivity index (χ2v) is 11.9. The highest BCUT2D eigenvalue weighted by molar-refractivity contribution is 5.55. The third-order valence-corrected chi connectivity index (χ3v) is 8.74. The molecule has 228 valence electrons. The summed E-state index contributed by atoms with van der Waals surface area (Å²) >= 11 is 0. The summed E-state index contributed by atoms with van der Waals surface area (Å²) in [4.78, 5) is 0. The van der Waals surface area contributed by atoms with E-state index < -0.39 is 0 Å². The lowest BCUT2D eigenvalue weighted by Crippen LogP contribution is -2.06. The first-order valence-electron chi connectivity index (χ1n) is 15.8. The Bertz CT molecular complexity index is 1730. The van der Waals surface area contributed by atoms with Crippen molar-refractivity contribution in [2.75, 3.05) is 0 Å². The highest BCUT2D eigenvalue weighted by atomic mass is 16.5. The predicted octanol–water partition coefficient (Wildman–Crippen LogP) is 8.93. The van der Waals surface area contributed by atoms with Crippen molar-refractivity contribution in [1.29, 1.82) is 0 Å². The fourth-order valence-corrected chi connectivity index (χ4v) is 6.34. The van der Waals surface area contributed by atoms with Crippen molar-refractivity contribution >= 4 is 0 Å². The number of hydrogen-bond acceptors (Lipinski definition) is 4. The molecule has 0 radical (unpaired) electrons. The minimum Gasteiger partial charge on any atom is -0.507 e. The van der Waals surface area contributed by atoms with Gasteiger partial charge >= 0.3 is 0 Å². The maximum absolute atomic E-state index is 11.6. The van der Waals surface area contributed by atoms with Crippen LogP contribution in [0.25, 0.3) is 0 Å². The molecule has 7 rings (SSSR count). The van der Waals surface area contributed by atoms with Gasteiger partial charge in [0.15, 0.2) is 0 Å². The van der Waals surface area contributed by atoms with E-state index in [2.05, 4.69) is 48.5 Å². The average Bonchev–Trinajstić information content (AvgIpc) is 3.08. The molecule has 0 unspecified atom stereocenters. The lowest BCUT2D eigenvalue weighted by atomic mass is 9.91. The SMILES string of the molecule is Oc1c2cccc1Cc1cccc(c1OCc1ccccc1)Cc1cccc(c1O)Cc1cccc(c1OCc1ccccc1)C2. The van der Waals surface area contributed by atoms with Crippen molar-refractivity contribution in [2.45, 2.75) is 38.9 Å². The molecule has 0 atom stereocenters. The van der Waals surface area contributed by atoms with Gasteiger partial charge in [0, 0.05) is 25.7 Å². The quantitative estimate of drug-likeness (QED) is 0.199. The first-order valence-corrected chi connectivity index (χ1v) is 15.8. The van der Waals surface area contributed by atoms with Crippen molar-refractivity contribution in [3.8, 4) is 23.0 Å². The molecule has 0 spiro atoms. The molecule has 0 aliphatic heterocycles. The molecule has 0 heterocycles. The molecule has 0 amide bonds. The van der Waals surface area contributed by atoms with Gasteiger partial charge in [-0.1, -0.05) is 133 Å². The van der Waals surface area contributed by atoms with Gasteiger partial charge in [-0.15, -0.1) is 0 Å². The summed E-state index contributed by atoms with van der Waals surface area (Å²) in [6.45, 7) is 0.840. The van der Waals surface area contributed by atoms with E-state index in [1.54, 1.807) is 0 Å². The molecule has 8 bridgehead atoms. The van der Waals surface area contributed by atoms with Crippen LogP contribution in [-0.4, -0.2) is 10.2 Å². The van der Waals surface area contributed by atoms with Crippen molar-refractivity contribution in [3.05, 3.63) is 189 Å². The molecule has 0 aromatic heterocycles. The van der Waals surface area contributed by atoms with Crippen LogP contribution in [0.15, 0.2) is 133 Å². The van der Waals surface area contributed by atoms with Crippen LogP contribution in [0.1, 0.15) is 55.6 Å². The van der Waals surface area contributed by atoms with Crippen LogP contribution in [0.4, 0.5) is 0 Å². The fraction of sp³-hybridized carbons (Fsp3) is 0.143. The number of para-hydroxylation sites is 4. The first kappa shape index (κ1) is 29.2. The molecule has 1 aliphatic carbocycles. The van der Waals surface area contributed by atoms with E-state index in [1.807, 2.05) is 84.9 Å². The van der Waals surface area contributed by atoms with Gasteiger partial charge in [0.05, 0.1) is 0 Å². The Morgan fingerprint density at radius 3 is 0.935 bits per heavy atom. The largest absolute Gasteiger partial charge is 0.507 e. The number of phenols is 2. The minimum atomic E-state index is 0.288. The summed E-state index contributed by atoms with van der Waals surface area (Å²) in [7, 11) is 0. The Labute approximate surface area is 270 Å². The second kappa shape index (κ2) is 13.3. The van der Waals surface area contributed by atoms with E-state index in [0.29, 0.717) is 38.9 Å². The number of hydrogen-bond donors (Lipinski definition) is 2. The van der Waals surface area contributed by atoms with Gasteiger partial charge in [0.1, 0.15) is 36.2 Å². The fourth-order valence-electron chi connectivity index (χ4n) is 6.34. The molecule has 4 heteroatoms. The van der Waals surface area contributed by atoms with E-state index >= 15 is 0 Å². The summed E-state index contributed by atoms with van der Waals surface area (Å²) < 4.78 is 13.1. The zero-order chi connectivity index (χ0) is 31.3. The molecule has 46 heavy (non-hydrogen) atoms. The molecular weight excluding hydrogens is 568 g/mol. The maximum atomic E-state index is 11.6. The normalized spacial score (nSPS) is 12.3. The number of rotatable bonds is 6. The molecule has 0 fully saturated rings. The smallest absolute Gasteiger partial charge is 0.126 e. The number of phenolic OH excluding ortho intramolecular Hbond substituents is 2. The Morgan fingerprint density at radius 1 is 0.348 bits per heavy atom. The molecule has 6 aromatic carbocycles. The van der Waals surface area contributed by atoms with Gasteiger partial charge < -0.3 is 19.7 Å². The molecule has 4 nitrogen and oxygen atoms in total. The Kier molecular flexibility index (Phi) is 8.42. The van der Waals surface area contributed by atoms with Crippen molar-refractivity contribution in [3.63, 3.8) is 0 Å². The third-order valence-electron chi connectivity index (χ3n) is 8.74. The van der Waals surface area contributed by atoms with Crippen LogP contribution in [-0.2, 0) is 38.9 Å². The zero-order valence-electron chi connectivity index (χ0n) is 25.7. The Hall–Kier alpha value is -5.48. The predicted molar refractivity (Wildman–Crippen MR) is 182 cm³/mol.